The molecular weight excluding hydrogens is 326 g/mol. The first kappa shape index (κ1) is 15.0. The summed E-state index contributed by atoms with van der Waals surface area (Å²) in [6, 6.07) is 2.21. The van der Waals surface area contributed by atoms with Gasteiger partial charge in [-0.3, -0.25) is 4.90 Å². The van der Waals surface area contributed by atoms with Gasteiger partial charge in [0, 0.05) is 43.0 Å². The van der Waals surface area contributed by atoms with E-state index in [1.165, 1.54) is 16.0 Å². The quantitative estimate of drug-likeness (QED) is 0.730. The van der Waals surface area contributed by atoms with Gasteiger partial charge in [0.15, 0.2) is 0 Å². The van der Waals surface area contributed by atoms with Crippen LogP contribution in [0.4, 0.5) is 5.82 Å². The molecule has 0 aliphatic carbocycles. The molecule has 0 atom stereocenters. The molecule has 4 rings (SSSR count). The van der Waals surface area contributed by atoms with Gasteiger partial charge >= 0.3 is 0 Å². The van der Waals surface area contributed by atoms with Crippen LogP contribution >= 0.6 is 22.7 Å². The third-order valence-electron chi connectivity index (χ3n) is 4.16. The standard InChI is InChI=1S/C16H19N5S2/c1-11-7-14-15(17-10-18-16(14)23-11)21-5-3-20(4-6-21)8-13-9-22-12(2)19-13/h7,9-10H,3-6,8H2,1-2H3. The number of hydrogen-bond acceptors (Lipinski definition) is 7. The van der Waals surface area contributed by atoms with E-state index < -0.39 is 0 Å². The zero-order valence-electron chi connectivity index (χ0n) is 13.3. The number of thiophene rings is 1. The number of thiazole rings is 1. The Kier molecular flexibility index (Phi) is 4.00. The van der Waals surface area contributed by atoms with Gasteiger partial charge in [-0.05, 0) is 19.9 Å². The van der Waals surface area contributed by atoms with Gasteiger partial charge in [-0.1, -0.05) is 0 Å². The molecule has 1 fully saturated rings. The number of rotatable bonds is 3. The predicted molar refractivity (Wildman–Crippen MR) is 96.5 cm³/mol. The van der Waals surface area contributed by atoms with Crippen LogP contribution in [-0.4, -0.2) is 46.0 Å². The van der Waals surface area contributed by atoms with Gasteiger partial charge in [-0.2, -0.15) is 0 Å². The summed E-state index contributed by atoms with van der Waals surface area (Å²) in [5, 5.41) is 4.51. The Morgan fingerprint density at radius 1 is 1.13 bits per heavy atom. The summed E-state index contributed by atoms with van der Waals surface area (Å²) in [4.78, 5) is 20.8. The fourth-order valence-electron chi connectivity index (χ4n) is 3.04. The predicted octanol–water partition coefficient (Wildman–Crippen LogP) is 3.09. The highest BCUT2D eigenvalue weighted by Crippen LogP contribution is 2.30. The highest BCUT2D eigenvalue weighted by atomic mass is 32.1. The van der Waals surface area contributed by atoms with Crippen molar-refractivity contribution in [3.05, 3.63) is 33.4 Å². The monoisotopic (exact) mass is 345 g/mol. The van der Waals surface area contributed by atoms with Gasteiger partial charge in [-0.15, -0.1) is 22.7 Å². The van der Waals surface area contributed by atoms with Gasteiger partial charge in [-0.25, -0.2) is 15.0 Å². The minimum atomic E-state index is 0.953. The van der Waals surface area contributed by atoms with E-state index in [1.54, 1.807) is 29.0 Å². The molecule has 0 N–H and O–H groups in total. The Balaban J connectivity index is 1.46. The topological polar surface area (TPSA) is 45.2 Å². The molecule has 0 bridgehead atoms. The number of hydrogen-bond donors (Lipinski definition) is 0. The van der Waals surface area contributed by atoms with Gasteiger partial charge in [0.05, 0.1) is 16.1 Å². The fourth-order valence-corrected chi connectivity index (χ4v) is 4.49. The summed E-state index contributed by atoms with van der Waals surface area (Å²) in [7, 11) is 0. The molecule has 0 unspecified atom stereocenters. The van der Waals surface area contributed by atoms with Crippen molar-refractivity contribution in [3.63, 3.8) is 0 Å². The lowest BCUT2D eigenvalue weighted by Gasteiger charge is -2.35. The smallest absolute Gasteiger partial charge is 0.140 e. The molecule has 120 valence electrons. The first-order chi connectivity index (χ1) is 11.2. The third-order valence-corrected chi connectivity index (χ3v) is 5.94. The van der Waals surface area contributed by atoms with Crippen LogP contribution in [0.5, 0.6) is 0 Å². The van der Waals surface area contributed by atoms with E-state index in [4.69, 9.17) is 0 Å². The summed E-state index contributed by atoms with van der Waals surface area (Å²) >= 11 is 3.47. The molecule has 0 radical (unpaired) electrons. The lowest BCUT2D eigenvalue weighted by molar-refractivity contribution is 0.247. The number of fused-ring (bicyclic) bond motifs is 1. The molecule has 4 heterocycles. The second kappa shape index (κ2) is 6.14. The van der Waals surface area contributed by atoms with Crippen molar-refractivity contribution < 1.29 is 0 Å². The van der Waals surface area contributed by atoms with Crippen molar-refractivity contribution >= 4 is 38.7 Å². The Bertz CT molecular complexity index is 817. The Hall–Kier alpha value is -1.57. The van der Waals surface area contributed by atoms with Gasteiger partial charge in [0.25, 0.3) is 0 Å². The van der Waals surface area contributed by atoms with Crippen molar-refractivity contribution in [1.82, 2.24) is 19.9 Å². The highest BCUT2D eigenvalue weighted by Gasteiger charge is 2.21. The summed E-state index contributed by atoms with van der Waals surface area (Å²) in [5.41, 5.74) is 1.19. The Morgan fingerprint density at radius 2 is 1.96 bits per heavy atom. The molecule has 0 amide bonds. The molecule has 3 aromatic heterocycles. The van der Waals surface area contributed by atoms with E-state index in [0.29, 0.717) is 0 Å². The van der Waals surface area contributed by atoms with Crippen LogP contribution in [-0.2, 0) is 6.54 Å². The lowest BCUT2D eigenvalue weighted by Crippen LogP contribution is -2.46. The molecule has 1 saturated heterocycles. The van der Waals surface area contributed by atoms with Crippen LogP contribution in [0.2, 0.25) is 0 Å². The number of anilines is 1. The number of aromatic nitrogens is 3. The highest BCUT2D eigenvalue weighted by molar-refractivity contribution is 7.18. The second-order valence-corrected chi connectivity index (χ2v) is 8.19. The number of aryl methyl sites for hydroxylation is 2. The Labute approximate surface area is 143 Å². The lowest BCUT2D eigenvalue weighted by atomic mass is 10.2. The van der Waals surface area contributed by atoms with E-state index in [-0.39, 0.29) is 0 Å². The van der Waals surface area contributed by atoms with E-state index >= 15 is 0 Å². The largest absolute Gasteiger partial charge is 0.353 e. The molecule has 3 aromatic rings. The zero-order chi connectivity index (χ0) is 15.8. The molecule has 7 heteroatoms. The van der Waals surface area contributed by atoms with Crippen LogP contribution in [0, 0.1) is 13.8 Å². The summed E-state index contributed by atoms with van der Waals surface area (Å²) in [6.45, 7) is 9.25. The number of piperazine rings is 1. The minimum absolute atomic E-state index is 0.953. The van der Waals surface area contributed by atoms with E-state index in [2.05, 4.69) is 50.0 Å². The third kappa shape index (κ3) is 3.08. The molecule has 5 nitrogen and oxygen atoms in total. The van der Waals surface area contributed by atoms with Crippen molar-refractivity contribution in [2.45, 2.75) is 20.4 Å². The van der Waals surface area contributed by atoms with Crippen LogP contribution in [0.3, 0.4) is 0 Å². The molecular formula is C16H19N5S2. The maximum absolute atomic E-state index is 4.57. The van der Waals surface area contributed by atoms with Crippen LogP contribution < -0.4 is 4.90 Å². The maximum Gasteiger partial charge on any atom is 0.140 e. The molecule has 1 aliphatic rings. The van der Waals surface area contributed by atoms with E-state index in [0.717, 1.165) is 48.4 Å². The SMILES string of the molecule is Cc1cc2c(N3CCN(Cc4csc(C)n4)CC3)ncnc2s1. The van der Waals surface area contributed by atoms with E-state index in [9.17, 15) is 0 Å². The van der Waals surface area contributed by atoms with Crippen molar-refractivity contribution in [3.8, 4) is 0 Å². The average Bonchev–Trinajstić information content (AvgIpc) is 3.12. The maximum atomic E-state index is 4.57. The van der Waals surface area contributed by atoms with Crippen molar-refractivity contribution in [1.29, 1.82) is 0 Å². The summed E-state index contributed by atoms with van der Waals surface area (Å²) in [6.07, 6.45) is 1.69. The molecule has 0 spiro atoms. The minimum Gasteiger partial charge on any atom is -0.353 e. The average molecular weight is 345 g/mol. The van der Waals surface area contributed by atoms with Crippen molar-refractivity contribution in [2.75, 3.05) is 31.1 Å². The molecule has 1 aliphatic heterocycles. The van der Waals surface area contributed by atoms with Crippen LogP contribution in [0.15, 0.2) is 17.8 Å². The molecule has 23 heavy (non-hydrogen) atoms. The zero-order valence-corrected chi connectivity index (χ0v) is 15.0. The van der Waals surface area contributed by atoms with E-state index in [1.807, 2.05) is 0 Å². The molecule has 0 aromatic carbocycles. The Morgan fingerprint density at radius 3 is 2.70 bits per heavy atom. The summed E-state index contributed by atoms with van der Waals surface area (Å²) < 4.78 is 0. The first-order valence-electron chi connectivity index (χ1n) is 7.78. The van der Waals surface area contributed by atoms with Crippen LogP contribution in [0.25, 0.3) is 10.2 Å². The van der Waals surface area contributed by atoms with Gasteiger partial charge in [0.1, 0.15) is 17.0 Å². The summed E-state index contributed by atoms with van der Waals surface area (Å²) in [5.74, 6) is 1.09. The van der Waals surface area contributed by atoms with Gasteiger partial charge < -0.3 is 4.90 Å². The first-order valence-corrected chi connectivity index (χ1v) is 9.48. The molecule has 0 saturated carbocycles. The van der Waals surface area contributed by atoms with Crippen LogP contribution in [0.1, 0.15) is 15.6 Å². The normalized spacial score (nSPS) is 16.3. The van der Waals surface area contributed by atoms with Crippen molar-refractivity contribution in [2.24, 2.45) is 0 Å². The fraction of sp³-hybridized carbons (Fsp3) is 0.438. The number of nitrogens with zero attached hydrogens (tertiary/aromatic N) is 5. The van der Waals surface area contributed by atoms with Gasteiger partial charge in [0.2, 0.25) is 0 Å². The second-order valence-electron chi connectivity index (χ2n) is 5.89.